The summed E-state index contributed by atoms with van der Waals surface area (Å²) in [6, 6.07) is 14.8. The number of nitrogens with one attached hydrogen (secondary N) is 3. The van der Waals surface area contributed by atoms with Crippen LogP contribution < -0.4 is 16.1 Å². The van der Waals surface area contributed by atoms with Gasteiger partial charge in [0.15, 0.2) is 5.17 Å². The molecule has 0 saturated heterocycles. The second-order valence-electron chi connectivity index (χ2n) is 6.55. The summed E-state index contributed by atoms with van der Waals surface area (Å²) in [5.41, 5.74) is 6.29. The number of benzene rings is 2. The van der Waals surface area contributed by atoms with Crippen LogP contribution in [0, 0.1) is 6.92 Å². The summed E-state index contributed by atoms with van der Waals surface area (Å²) in [6.07, 6.45) is 1.11. The van der Waals surface area contributed by atoms with E-state index < -0.39 is 11.8 Å². The molecule has 0 aromatic heterocycles. The van der Waals surface area contributed by atoms with Gasteiger partial charge in [0.25, 0.3) is 0 Å². The van der Waals surface area contributed by atoms with E-state index in [1.54, 1.807) is 30.8 Å². The van der Waals surface area contributed by atoms with Crippen LogP contribution in [0.2, 0.25) is 0 Å². The van der Waals surface area contributed by atoms with Crippen molar-refractivity contribution >= 4 is 45.8 Å². The fourth-order valence-corrected chi connectivity index (χ4v) is 3.37. The minimum Gasteiger partial charge on any atom is -0.335 e. The zero-order valence-corrected chi connectivity index (χ0v) is 17.2. The molecule has 0 spiro atoms. The lowest BCUT2D eigenvalue weighted by atomic mass is 10.1. The van der Waals surface area contributed by atoms with Crippen LogP contribution in [-0.2, 0) is 9.59 Å². The highest BCUT2D eigenvalue weighted by molar-refractivity contribution is 8.14. The highest BCUT2D eigenvalue weighted by Gasteiger charge is 2.13. The summed E-state index contributed by atoms with van der Waals surface area (Å²) >= 11 is 1.71. The Morgan fingerprint density at radius 1 is 1.00 bits per heavy atom. The number of hydrogen-bond acceptors (Lipinski definition) is 6. The van der Waals surface area contributed by atoms with Crippen LogP contribution >= 0.6 is 11.8 Å². The van der Waals surface area contributed by atoms with E-state index in [1.807, 2.05) is 43.3 Å². The average molecular weight is 410 g/mol. The van der Waals surface area contributed by atoms with Gasteiger partial charge in [-0.15, -0.1) is 0 Å². The van der Waals surface area contributed by atoms with Gasteiger partial charge in [-0.2, -0.15) is 5.10 Å². The van der Waals surface area contributed by atoms with Gasteiger partial charge in [-0.05, 0) is 50.1 Å². The normalized spacial score (nSPS) is 14.0. The van der Waals surface area contributed by atoms with Crippen LogP contribution in [0.4, 0.5) is 11.4 Å². The van der Waals surface area contributed by atoms with E-state index in [0.717, 1.165) is 40.7 Å². The van der Waals surface area contributed by atoms with Crippen molar-refractivity contribution in [2.45, 2.75) is 20.3 Å². The molecule has 1 aliphatic rings. The third kappa shape index (κ3) is 6.18. The van der Waals surface area contributed by atoms with Gasteiger partial charge < -0.3 is 10.6 Å². The van der Waals surface area contributed by atoms with E-state index in [9.17, 15) is 9.59 Å². The zero-order chi connectivity index (χ0) is 20.6. The summed E-state index contributed by atoms with van der Waals surface area (Å²) in [4.78, 5) is 28.4. The third-order valence-electron chi connectivity index (χ3n) is 4.19. The first kappa shape index (κ1) is 20.6. The van der Waals surface area contributed by atoms with Crippen molar-refractivity contribution in [3.05, 3.63) is 59.7 Å². The lowest BCUT2D eigenvalue weighted by molar-refractivity contribution is -0.136. The molecule has 2 aromatic carbocycles. The van der Waals surface area contributed by atoms with Gasteiger partial charge in [0.2, 0.25) is 0 Å². The van der Waals surface area contributed by atoms with Gasteiger partial charge in [-0.3, -0.25) is 14.6 Å². The van der Waals surface area contributed by atoms with Gasteiger partial charge in [0.05, 0.1) is 5.71 Å². The number of carbonyl (C=O) groups excluding carboxylic acids is 2. The molecule has 0 bridgehead atoms. The van der Waals surface area contributed by atoms with Crippen molar-refractivity contribution in [3.8, 4) is 0 Å². The molecule has 29 heavy (non-hydrogen) atoms. The summed E-state index contributed by atoms with van der Waals surface area (Å²) in [5.74, 6) is -0.515. The highest BCUT2D eigenvalue weighted by Crippen LogP contribution is 2.17. The molecule has 0 aliphatic carbocycles. The standard InChI is InChI=1S/C21H23N5O2S/c1-14-4-8-17(9-5-14)23-19(27)20(28)26-25-15(2)16-6-10-18(11-7-16)24-21-22-12-3-13-29-21/h4-11H,3,12-13H2,1-2H3,(H,22,24)(H,23,27)(H,26,28)/b25-15-. The van der Waals surface area contributed by atoms with Crippen molar-refractivity contribution in [1.82, 2.24) is 5.43 Å². The number of anilines is 2. The molecular formula is C21H23N5O2S. The molecular weight excluding hydrogens is 386 g/mol. The first-order chi connectivity index (χ1) is 14.0. The third-order valence-corrected chi connectivity index (χ3v) is 5.19. The lowest BCUT2D eigenvalue weighted by Gasteiger charge is -2.13. The average Bonchev–Trinajstić information content (AvgIpc) is 2.74. The molecule has 0 radical (unpaired) electrons. The Kier molecular flexibility index (Phi) is 7.02. The van der Waals surface area contributed by atoms with Crippen LogP contribution in [0.3, 0.4) is 0 Å². The van der Waals surface area contributed by atoms with Gasteiger partial charge in [0.1, 0.15) is 0 Å². The second-order valence-corrected chi connectivity index (χ2v) is 7.63. The summed E-state index contributed by atoms with van der Waals surface area (Å²) in [5, 5.41) is 10.8. The number of thioether (sulfide) groups is 1. The van der Waals surface area contributed by atoms with Crippen molar-refractivity contribution in [2.75, 3.05) is 22.9 Å². The van der Waals surface area contributed by atoms with Gasteiger partial charge in [-0.1, -0.05) is 41.6 Å². The van der Waals surface area contributed by atoms with Crippen LogP contribution in [0.5, 0.6) is 0 Å². The maximum Gasteiger partial charge on any atom is 0.329 e. The van der Waals surface area contributed by atoms with E-state index in [0.29, 0.717) is 11.4 Å². The fraction of sp³-hybridized carbons (Fsp3) is 0.238. The molecule has 2 amide bonds. The van der Waals surface area contributed by atoms with Gasteiger partial charge in [-0.25, -0.2) is 5.43 Å². The number of carbonyl (C=O) groups is 2. The minimum atomic E-state index is -0.824. The van der Waals surface area contributed by atoms with Crippen molar-refractivity contribution in [2.24, 2.45) is 10.1 Å². The maximum atomic E-state index is 12.0. The Balaban J connectivity index is 1.54. The van der Waals surface area contributed by atoms with Gasteiger partial charge in [0, 0.05) is 23.7 Å². The topological polar surface area (TPSA) is 95.0 Å². The number of hydrazone groups is 1. The molecule has 2 aromatic rings. The van der Waals surface area contributed by atoms with E-state index in [4.69, 9.17) is 0 Å². The Bertz CT molecular complexity index is 937. The van der Waals surface area contributed by atoms with Crippen LogP contribution in [0.1, 0.15) is 24.5 Å². The Hall–Kier alpha value is -3.13. The zero-order valence-electron chi connectivity index (χ0n) is 16.4. The SMILES string of the molecule is C/C(=N/NC(=O)C(=O)Nc1ccc(C)cc1)c1ccc(NC2=NCCCS2)cc1. The molecule has 150 valence electrons. The van der Waals surface area contributed by atoms with Crippen molar-refractivity contribution in [3.63, 3.8) is 0 Å². The molecule has 7 nitrogen and oxygen atoms in total. The second kappa shape index (κ2) is 9.88. The summed E-state index contributed by atoms with van der Waals surface area (Å²) < 4.78 is 0. The van der Waals surface area contributed by atoms with Gasteiger partial charge >= 0.3 is 11.8 Å². The molecule has 3 N–H and O–H groups in total. The highest BCUT2D eigenvalue weighted by atomic mass is 32.2. The molecule has 0 saturated carbocycles. The maximum absolute atomic E-state index is 12.0. The Morgan fingerprint density at radius 2 is 1.69 bits per heavy atom. The first-order valence-electron chi connectivity index (χ1n) is 9.28. The predicted octanol–water partition coefficient (Wildman–Crippen LogP) is 3.38. The number of rotatable bonds is 4. The summed E-state index contributed by atoms with van der Waals surface area (Å²) in [7, 11) is 0. The number of aryl methyl sites for hydroxylation is 1. The molecule has 8 heteroatoms. The molecule has 1 aliphatic heterocycles. The van der Waals surface area contributed by atoms with E-state index in [1.165, 1.54) is 0 Å². The smallest absolute Gasteiger partial charge is 0.329 e. The number of hydrogen-bond donors (Lipinski definition) is 3. The first-order valence-corrected chi connectivity index (χ1v) is 10.3. The number of nitrogens with zero attached hydrogens (tertiary/aromatic N) is 2. The fourth-order valence-electron chi connectivity index (χ4n) is 2.53. The lowest BCUT2D eigenvalue weighted by Crippen LogP contribution is -2.32. The predicted molar refractivity (Wildman–Crippen MR) is 120 cm³/mol. The molecule has 0 atom stereocenters. The minimum absolute atomic E-state index is 0.556. The van der Waals surface area contributed by atoms with Crippen molar-refractivity contribution < 1.29 is 9.59 Å². The van der Waals surface area contributed by atoms with E-state index in [2.05, 4.69) is 26.2 Å². The largest absolute Gasteiger partial charge is 0.335 e. The molecule has 1 heterocycles. The Labute approximate surface area is 174 Å². The molecule has 0 fully saturated rings. The monoisotopic (exact) mass is 409 g/mol. The Morgan fingerprint density at radius 3 is 2.34 bits per heavy atom. The quantitative estimate of drug-likeness (QED) is 0.410. The molecule has 0 unspecified atom stereocenters. The summed E-state index contributed by atoms with van der Waals surface area (Å²) in [6.45, 7) is 4.57. The van der Waals surface area contributed by atoms with Crippen LogP contribution in [0.15, 0.2) is 58.6 Å². The van der Waals surface area contributed by atoms with E-state index in [-0.39, 0.29) is 0 Å². The van der Waals surface area contributed by atoms with Crippen LogP contribution in [0.25, 0.3) is 0 Å². The number of amides is 2. The number of aliphatic imine (C=N–C) groups is 1. The van der Waals surface area contributed by atoms with Crippen LogP contribution in [-0.4, -0.2) is 35.0 Å². The van der Waals surface area contributed by atoms with Crippen molar-refractivity contribution in [1.29, 1.82) is 0 Å². The number of amidine groups is 1. The molecule has 3 rings (SSSR count). The van der Waals surface area contributed by atoms with E-state index >= 15 is 0 Å².